The van der Waals surface area contributed by atoms with Gasteiger partial charge in [0.05, 0.1) is 0 Å². The number of aliphatic carboxylic acids is 1. The molecule has 7 nitrogen and oxygen atoms in total. The van der Waals surface area contributed by atoms with Gasteiger partial charge in [-0.1, -0.05) is 20.3 Å². The first-order valence-corrected chi connectivity index (χ1v) is 7.48. The lowest BCUT2D eigenvalue weighted by Crippen LogP contribution is -2.56. The van der Waals surface area contributed by atoms with Gasteiger partial charge < -0.3 is 10.4 Å². The first kappa shape index (κ1) is 15.5. The summed E-state index contributed by atoms with van der Waals surface area (Å²) in [5.74, 6) is -0.339. The van der Waals surface area contributed by atoms with Crippen LogP contribution in [0.5, 0.6) is 0 Å². The molecule has 21 heavy (non-hydrogen) atoms. The standard InChI is InChI=1S/C14H22N4O3/c1-3-9-5-7-14(8-6-9,13(20)21)16-12(19)11-15-10(4-2)17-18-11/h9H,3-8H2,1-2H3,(H,16,19)(H,20,21)(H,15,17,18). The normalized spacial score (nSPS) is 25.5. The van der Waals surface area contributed by atoms with Crippen LogP contribution in [0.2, 0.25) is 0 Å². The Morgan fingerprint density at radius 3 is 2.52 bits per heavy atom. The average Bonchev–Trinajstić information content (AvgIpc) is 2.97. The van der Waals surface area contributed by atoms with Crippen LogP contribution < -0.4 is 5.32 Å². The number of nitrogens with one attached hydrogen (secondary N) is 2. The summed E-state index contributed by atoms with van der Waals surface area (Å²) in [4.78, 5) is 27.9. The van der Waals surface area contributed by atoms with Crippen molar-refractivity contribution in [3.63, 3.8) is 0 Å². The first-order chi connectivity index (χ1) is 10.0. The highest BCUT2D eigenvalue weighted by Gasteiger charge is 2.43. The summed E-state index contributed by atoms with van der Waals surface area (Å²) in [6.45, 7) is 4.00. The number of carbonyl (C=O) groups is 2. The Kier molecular flexibility index (Phi) is 4.59. The molecule has 116 valence electrons. The summed E-state index contributed by atoms with van der Waals surface area (Å²) < 4.78 is 0. The van der Waals surface area contributed by atoms with Crippen molar-refractivity contribution in [2.24, 2.45) is 5.92 Å². The molecule has 0 atom stereocenters. The summed E-state index contributed by atoms with van der Waals surface area (Å²) in [6, 6.07) is 0. The fraction of sp³-hybridized carbons (Fsp3) is 0.714. The van der Waals surface area contributed by atoms with E-state index >= 15 is 0 Å². The van der Waals surface area contributed by atoms with E-state index in [1.807, 2.05) is 6.92 Å². The lowest BCUT2D eigenvalue weighted by Gasteiger charge is -2.36. The average molecular weight is 294 g/mol. The monoisotopic (exact) mass is 294 g/mol. The molecule has 0 saturated heterocycles. The predicted molar refractivity (Wildman–Crippen MR) is 75.8 cm³/mol. The van der Waals surface area contributed by atoms with Gasteiger partial charge in [-0.25, -0.2) is 9.78 Å². The molecular formula is C14H22N4O3. The fourth-order valence-electron chi connectivity index (χ4n) is 2.80. The third-order valence-corrected chi connectivity index (χ3v) is 4.37. The van der Waals surface area contributed by atoms with Crippen molar-refractivity contribution in [3.05, 3.63) is 11.6 Å². The van der Waals surface area contributed by atoms with Crippen LogP contribution in [-0.2, 0) is 11.2 Å². The van der Waals surface area contributed by atoms with E-state index in [2.05, 4.69) is 27.4 Å². The molecule has 1 aliphatic rings. The summed E-state index contributed by atoms with van der Waals surface area (Å²) in [5, 5.41) is 18.7. The van der Waals surface area contributed by atoms with Crippen molar-refractivity contribution < 1.29 is 14.7 Å². The minimum absolute atomic E-state index is 0.00471. The summed E-state index contributed by atoms with van der Waals surface area (Å²) >= 11 is 0. The number of amides is 1. The predicted octanol–water partition coefficient (Wildman–Crippen LogP) is 1.52. The van der Waals surface area contributed by atoms with Crippen molar-refractivity contribution in [2.75, 3.05) is 0 Å². The van der Waals surface area contributed by atoms with Gasteiger partial charge in [0.2, 0.25) is 5.82 Å². The maximum atomic E-state index is 12.2. The molecule has 0 aromatic carbocycles. The van der Waals surface area contributed by atoms with E-state index in [4.69, 9.17) is 0 Å². The van der Waals surface area contributed by atoms with Gasteiger partial charge in [-0.15, -0.1) is 5.10 Å². The molecule has 3 N–H and O–H groups in total. The highest BCUT2D eigenvalue weighted by Crippen LogP contribution is 2.34. The number of carboxylic acid groups (broad SMARTS) is 1. The molecule has 0 unspecified atom stereocenters. The third kappa shape index (κ3) is 3.22. The Labute approximate surface area is 123 Å². The van der Waals surface area contributed by atoms with E-state index in [1.165, 1.54) is 0 Å². The number of carbonyl (C=O) groups excluding carboxylic acids is 1. The number of rotatable bonds is 5. The molecule has 2 rings (SSSR count). The number of carboxylic acids is 1. The SMILES string of the molecule is CCc1nc(C(=O)NC2(C(=O)O)CCC(CC)CC2)n[nH]1. The van der Waals surface area contributed by atoms with Crippen LogP contribution in [0.25, 0.3) is 0 Å². The van der Waals surface area contributed by atoms with Gasteiger partial charge in [0, 0.05) is 6.42 Å². The maximum Gasteiger partial charge on any atom is 0.329 e. The molecule has 1 aliphatic carbocycles. The maximum absolute atomic E-state index is 12.2. The van der Waals surface area contributed by atoms with Crippen molar-refractivity contribution in [1.29, 1.82) is 0 Å². The van der Waals surface area contributed by atoms with E-state index in [9.17, 15) is 14.7 Å². The Hall–Kier alpha value is -1.92. The summed E-state index contributed by atoms with van der Waals surface area (Å²) in [7, 11) is 0. The molecule has 1 aromatic heterocycles. The molecule has 1 aromatic rings. The number of nitrogens with zero attached hydrogens (tertiary/aromatic N) is 2. The third-order valence-electron chi connectivity index (χ3n) is 4.37. The second-order valence-corrected chi connectivity index (χ2v) is 5.65. The fourth-order valence-corrected chi connectivity index (χ4v) is 2.80. The number of aryl methyl sites for hydroxylation is 1. The Morgan fingerprint density at radius 2 is 2.05 bits per heavy atom. The van der Waals surface area contributed by atoms with E-state index < -0.39 is 17.4 Å². The van der Waals surface area contributed by atoms with Crippen LogP contribution in [-0.4, -0.2) is 37.7 Å². The van der Waals surface area contributed by atoms with Crippen LogP contribution >= 0.6 is 0 Å². The summed E-state index contributed by atoms with van der Waals surface area (Å²) in [5.41, 5.74) is -1.18. The second kappa shape index (κ2) is 6.24. The molecule has 1 saturated carbocycles. The number of aromatic amines is 1. The summed E-state index contributed by atoms with van der Waals surface area (Å²) in [6.07, 6.45) is 4.23. The van der Waals surface area contributed by atoms with Crippen LogP contribution in [0.1, 0.15) is 62.4 Å². The Morgan fingerprint density at radius 1 is 1.38 bits per heavy atom. The minimum atomic E-state index is -1.18. The van der Waals surface area contributed by atoms with Gasteiger partial charge in [-0.05, 0) is 31.6 Å². The van der Waals surface area contributed by atoms with Gasteiger partial charge >= 0.3 is 5.97 Å². The van der Waals surface area contributed by atoms with Gasteiger partial charge in [0.15, 0.2) is 0 Å². The molecule has 7 heteroatoms. The zero-order valence-electron chi connectivity index (χ0n) is 12.5. The molecule has 0 spiro atoms. The molecule has 1 fully saturated rings. The van der Waals surface area contributed by atoms with E-state index in [-0.39, 0.29) is 5.82 Å². The zero-order chi connectivity index (χ0) is 15.5. The van der Waals surface area contributed by atoms with Crippen molar-refractivity contribution >= 4 is 11.9 Å². The lowest BCUT2D eigenvalue weighted by atomic mass is 9.75. The van der Waals surface area contributed by atoms with Crippen LogP contribution in [0, 0.1) is 5.92 Å². The van der Waals surface area contributed by atoms with Gasteiger partial charge in [-0.2, -0.15) is 0 Å². The van der Waals surface area contributed by atoms with E-state index in [0.29, 0.717) is 31.0 Å². The zero-order valence-corrected chi connectivity index (χ0v) is 12.5. The first-order valence-electron chi connectivity index (χ1n) is 7.48. The quantitative estimate of drug-likeness (QED) is 0.763. The molecule has 1 amide bonds. The Bertz CT molecular complexity index is 518. The topological polar surface area (TPSA) is 108 Å². The van der Waals surface area contributed by atoms with E-state index in [1.54, 1.807) is 0 Å². The van der Waals surface area contributed by atoms with Gasteiger partial charge in [-0.3, -0.25) is 9.89 Å². The number of hydrogen-bond donors (Lipinski definition) is 3. The highest BCUT2D eigenvalue weighted by molar-refractivity contribution is 5.95. The molecule has 0 radical (unpaired) electrons. The highest BCUT2D eigenvalue weighted by atomic mass is 16.4. The van der Waals surface area contributed by atoms with Crippen LogP contribution in [0.4, 0.5) is 0 Å². The second-order valence-electron chi connectivity index (χ2n) is 5.65. The van der Waals surface area contributed by atoms with Gasteiger partial charge in [0.1, 0.15) is 11.4 Å². The smallest absolute Gasteiger partial charge is 0.329 e. The number of hydrogen-bond acceptors (Lipinski definition) is 4. The minimum Gasteiger partial charge on any atom is -0.480 e. The van der Waals surface area contributed by atoms with Crippen LogP contribution in [0.15, 0.2) is 0 Å². The number of aromatic nitrogens is 3. The van der Waals surface area contributed by atoms with Gasteiger partial charge in [0.25, 0.3) is 5.91 Å². The lowest BCUT2D eigenvalue weighted by molar-refractivity contribution is -0.146. The Balaban J connectivity index is 2.09. The molecule has 0 bridgehead atoms. The van der Waals surface area contributed by atoms with Crippen molar-refractivity contribution in [1.82, 2.24) is 20.5 Å². The molecule has 0 aliphatic heterocycles. The molecule has 1 heterocycles. The number of H-pyrrole nitrogens is 1. The largest absolute Gasteiger partial charge is 0.480 e. The van der Waals surface area contributed by atoms with Crippen molar-refractivity contribution in [3.8, 4) is 0 Å². The van der Waals surface area contributed by atoms with Crippen LogP contribution in [0.3, 0.4) is 0 Å². The van der Waals surface area contributed by atoms with E-state index in [0.717, 1.165) is 19.3 Å². The van der Waals surface area contributed by atoms with Crippen molar-refractivity contribution in [2.45, 2.75) is 57.9 Å². The molecular weight excluding hydrogens is 272 g/mol.